The lowest BCUT2D eigenvalue weighted by molar-refractivity contribution is -0.137. The van der Waals surface area contributed by atoms with Gasteiger partial charge in [0.15, 0.2) is 0 Å². The summed E-state index contributed by atoms with van der Waals surface area (Å²) in [5, 5.41) is 7.33. The van der Waals surface area contributed by atoms with E-state index in [1.807, 2.05) is 0 Å². The number of thiophene rings is 1. The maximum Gasteiger partial charge on any atom is 0.416 e. The van der Waals surface area contributed by atoms with Crippen molar-refractivity contribution in [2.24, 2.45) is 0 Å². The molecule has 0 fully saturated rings. The lowest BCUT2D eigenvalue weighted by Crippen LogP contribution is -2.19. The first kappa shape index (κ1) is 19.7. The summed E-state index contributed by atoms with van der Waals surface area (Å²) >= 11 is 1.61. The predicted molar refractivity (Wildman–Crippen MR) is 111 cm³/mol. The molecule has 0 spiro atoms. The van der Waals surface area contributed by atoms with Crippen LogP contribution in [0.5, 0.6) is 0 Å². The average Bonchev–Trinajstić information content (AvgIpc) is 3.10. The number of halogens is 3. The minimum atomic E-state index is -4.44. The van der Waals surface area contributed by atoms with E-state index < -0.39 is 11.7 Å². The summed E-state index contributed by atoms with van der Waals surface area (Å²) in [6.07, 6.45) is -1.31. The first-order chi connectivity index (χ1) is 13.8. The molecule has 0 amide bonds. The van der Waals surface area contributed by atoms with Crippen molar-refractivity contribution in [3.05, 3.63) is 52.2 Å². The van der Waals surface area contributed by atoms with Gasteiger partial charge >= 0.3 is 6.18 Å². The predicted octanol–water partition coefficient (Wildman–Crippen LogP) is 4.59. The molecule has 0 aliphatic carbocycles. The second-order valence-electron chi connectivity index (χ2n) is 6.95. The van der Waals surface area contributed by atoms with Crippen LogP contribution in [0.2, 0.25) is 0 Å². The van der Waals surface area contributed by atoms with Crippen molar-refractivity contribution in [2.45, 2.75) is 26.1 Å². The van der Waals surface area contributed by atoms with Crippen LogP contribution in [0.15, 0.2) is 30.3 Å². The van der Waals surface area contributed by atoms with Crippen LogP contribution >= 0.6 is 11.3 Å². The number of fused-ring (bicyclic) bond motifs is 1. The van der Waals surface area contributed by atoms with Gasteiger partial charge in [-0.3, -0.25) is 0 Å². The van der Waals surface area contributed by atoms with Crippen molar-refractivity contribution >= 4 is 38.6 Å². The number of nitrogen functional groups attached to an aromatic ring is 1. The highest BCUT2D eigenvalue weighted by Crippen LogP contribution is 2.35. The summed E-state index contributed by atoms with van der Waals surface area (Å²) < 4.78 is 39.1. The molecule has 3 aromatic rings. The Morgan fingerprint density at radius 1 is 1.21 bits per heavy atom. The molecule has 1 aliphatic heterocycles. The quantitative estimate of drug-likeness (QED) is 0.540. The molecule has 0 bridgehead atoms. The van der Waals surface area contributed by atoms with Crippen molar-refractivity contribution in [3.8, 4) is 0 Å². The molecule has 1 aliphatic rings. The maximum absolute atomic E-state index is 13.0. The third-order valence-corrected chi connectivity index (χ3v) is 5.79. The van der Waals surface area contributed by atoms with Crippen molar-refractivity contribution in [1.29, 1.82) is 0 Å². The van der Waals surface area contributed by atoms with E-state index in [0.717, 1.165) is 46.7 Å². The van der Waals surface area contributed by atoms with Gasteiger partial charge in [-0.05, 0) is 55.3 Å². The molecule has 5 nitrogen and oxygen atoms in total. The van der Waals surface area contributed by atoms with Crippen LogP contribution in [0.4, 0.5) is 24.7 Å². The fraction of sp³-hybridized carbons (Fsp3) is 0.300. The minimum absolute atomic E-state index is 0.0799. The van der Waals surface area contributed by atoms with Gasteiger partial charge in [-0.2, -0.15) is 13.2 Å². The molecule has 2 aromatic heterocycles. The van der Waals surface area contributed by atoms with E-state index in [0.29, 0.717) is 17.2 Å². The van der Waals surface area contributed by atoms with Crippen LogP contribution in [0.3, 0.4) is 0 Å². The van der Waals surface area contributed by atoms with E-state index in [1.54, 1.807) is 18.3 Å². The molecule has 4 rings (SSSR count). The highest BCUT2D eigenvalue weighted by molar-refractivity contribution is 7.19. The smallest absolute Gasteiger partial charge is 0.399 e. The molecule has 0 unspecified atom stereocenters. The highest BCUT2D eigenvalue weighted by atomic mass is 32.1. The Kier molecular flexibility index (Phi) is 5.18. The number of alkyl halides is 3. The van der Waals surface area contributed by atoms with Crippen LogP contribution in [0.25, 0.3) is 15.8 Å². The standard InChI is InChI=1S/C20H20F3N5S/c1-11-27-18(26-10-12-6-14(20(21,22)23)8-15(24)7-12)16-9-17(29-19(16)28-11)13-2-4-25-5-3-13/h2,6-9,25H,3-5,10,24H2,1H3,(H,26,27,28). The Hall–Kier alpha value is -2.65. The van der Waals surface area contributed by atoms with Crippen LogP contribution < -0.4 is 16.4 Å². The van der Waals surface area contributed by atoms with Crippen LogP contribution in [0.1, 0.15) is 28.2 Å². The number of aryl methyl sites for hydroxylation is 1. The molecule has 4 N–H and O–H groups in total. The number of nitrogens with zero attached hydrogens (tertiary/aromatic N) is 2. The summed E-state index contributed by atoms with van der Waals surface area (Å²) in [6, 6.07) is 5.63. The summed E-state index contributed by atoms with van der Waals surface area (Å²) in [7, 11) is 0. The van der Waals surface area contributed by atoms with E-state index in [9.17, 15) is 13.2 Å². The molecule has 0 saturated carbocycles. The summed E-state index contributed by atoms with van der Waals surface area (Å²) in [5.41, 5.74) is 6.71. The normalized spacial score (nSPS) is 14.8. The van der Waals surface area contributed by atoms with Gasteiger partial charge in [-0.25, -0.2) is 9.97 Å². The monoisotopic (exact) mass is 419 g/mol. The molecule has 1 aromatic carbocycles. The molecular formula is C20H20F3N5S. The molecular weight excluding hydrogens is 399 g/mol. The Labute approximate surface area is 169 Å². The highest BCUT2D eigenvalue weighted by Gasteiger charge is 2.31. The zero-order valence-corrected chi connectivity index (χ0v) is 16.5. The Balaban J connectivity index is 1.64. The van der Waals surface area contributed by atoms with E-state index in [1.165, 1.54) is 11.6 Å². The van der Waals surface area contributed by atoms with Gasteiger partial charge in [0.2, 0.25) is 0 Å². The molecule has 29 heavy (non-hydrogen) atoms. The van der Waals surface area contributed by atoms with Crippen LogP contribution in [-0.2, 0) is 12.7 Å². The number of rotatable bonds is 4. The van der Waals surface area contributed by atoms with E-state index in [2.05, 4.69) is 32.7 Å². The zero-order chi connectivity index (χ0) is 20.6. The molecule has 3 heterocycles. The van der Waals surface area contributed by atoms with Gasteiger partial charge in [-0.1, -0.05) is 6.08 Å². The number of aromatic nitrogens is 2. The summed E-state index contributed by atoms with van der Waals surface area (Å²) in [5.74, 6) is 1.22. The van der Waals surface area contributed by atoms with Gasteiger partial charge < -0.3 is 16.4 Å². The van der Waals surface area contributed by atoms with Gasteiger partial charge in [-0.15, -0.1) is 11.3 Å². The number of nitrogens with one attached hydrogen (secondary N) is 2. The van der Waals surface area contributed by atoms with Crippen LogP contribution in [0, 0.1) is 6.92 Å². The molecule has 152 valence electrons. The van der Waals surface area contributed by atoms with Crippen molar-refractivity contribution in [1.82, 2.24) is 15.3 Å². The van der Waals surface area contributed by atoms with Crippen molar-refractivity contribution in [3.63, 3.8) is 0 Å². The van der Waals surface area contributed by atoms with Crippen molar-refractivity contribution < 1.29 is 13.2 Å². The van der Waals surface area contributed by atoms with Gasteiger partial charge in [0, 0.05) is 23.7 Å². The van der Waals surface area contributed by atoms with Crippen molar-refractivity contribution in [2.75, 3.05) is 24.1 Å². The third kappa shape index (κ3) is 4.35. The topological polar surface area (TPSA) is 75.9 Å². The fourth-order valence-corrected chi connectivity index (χ4v) is 4.48. The van der Waals surface area contributed by atoms with E-state index in [-0.39, 0.29) is 12.2 Å². The maximum atomic E-state index is 13.0. The second-order valence-corrected chi connectivity index (χ2v) is 7.98. The zero-order valence-electron chi connectivity index (χ0n) is 15.7. The van der Waals surface area contributed by atoms with Gasteiger partial charge in [0.1, 0.15) is 16.5 Å². The molecule has 0 radical (unpaired) electrons. The van der Waals surface area contributed by atoms with Gasteiger partial charge in [0.05, 0.1) is 10.9 Å². The fourth-order valence-electron chi connectivity index (χ4n) is 3.34. The number of anilines is 2. The van der Waals surface area contributed by atoms with E-state index >= 15 is 0 Å². The SMILES string of the molecule is Cc1nc(NCc2cc(N)cc(C(F)(F)F)c2)c2cc(C3=CCNCC3)sc2n1. The summed E-state index contributed by atoms with van der Waals surface area (Å²) in [6.45, 7) is 3.76. The first-order valence-corrected chi connectivity index (χ1v) is 10.00. The minimum Gasteiger partial charge on any atom is -0.399 e. The first-order valence-electron chi connectivity index (χ1n) is 9.18. The number of benzene rings is 1. The third-order valence-electron chi connectivity index (χ3n) is 4.69. The number of nitrogens with two attached hydrogens (primary N) is 1. The Morgan fingerprint density at radius 2 is 2.03 bits per heavy atom. The number of hydrogen-bond acceptors (Lipinski definition) is 6. The molecule has 0 atom stereocenters. The lowest BCUT2D eigenvalue weighted by Gasteiger charge is -2.12. The molecule has 9 heteroatoms. The Bertz CT molecular complexity index is 1090. The average molecular weight is 419 g/mol. The van der Waals surface area contributed by atoms with Crippen LogP contribution in [-0.4, -0.2) is 23.1 Å². The van der Waals surface area contributed by atoms with Gasteiger partial charge in [0.25, 0.3) is 0 Å². The largest absolute Gasteiger partial charge is 0.416 e. The van der Waals surface area contributed by atoms with E-state index in [4.69, 9.17) is 5.73 Å². The second kappa shape index (κ2) is 7.64. The summed E-state index contributed by atoms with van der Waals surface area (Å²) in [4.78, 5) is 11.0. The number of hydrogen-bond donors (Lipinski definition) is 3. The molecule has 0 saturated heterocycles. The Morgan fingerprint density at radius 3 is 2.76 bits per heavy atom. The lowest BCUT2D eigenvalue weighted by atomic mass is 10.1.